The lowest BCUT2D eigenvalue weighted by Gasteiger charge is -2.06. The van der Waals surface area contributed by atoms with Crippen LogP contribution >= 0.6 is 16.3 Å². The van der Waals surface area contributed by atoms with Crippen LogP contribution in [0.15, 0.2) is 18.2 Å². The molecule has 1 amide bonds. The summed E-state index contributed by atoms with van der Waals surface area (Å²) in [6, 6.07) is 4.30. The van der Waals surface area contributed by atoms with Crippen LogP contribution in [0.1, 0.15) is 10.4 Å². The average molecular weight is 306 g/mol. The summed E-state index contributed by atoms with van der Waals surface area (Å²) in [5, 5.41) is 11.1. The number of halogens is 1. The molecule has 0 unspecified atom stereocenters. The Kier molecular flexibility index (Phi) is 7.74. The van der Waals surface area contributed by atoms with Crippen LogP contribution in [-0.4, -0.2) is 31.7 Å². The van der Waals surface area contributed by atoms with Crippen molar-refractivity contribution in [1.82, 2.24) is 0 Å². The van der Waals surface area contributed by atoms with Gasteiger partial charge in [0.25, 0.3) is 0 Å². The minimum atomic E-state index is -1.07. The van der Waals surface area contributed by atoms with E-state index in [-0.39, 0.29) is 11.3 Å². The topological polar surface area (TPSA) is 84.9 Å². The molecule has 0 aliphatic heterocycles. The number of amides is 1. The Bertz CT molecular complexity index is 383. The fourth-order valence-electron chi connectivity index (χ4n) is 1.03. The first kappa shape index (κ1) is 15.4. The maximum absolute atomic E-state index is 10.7. The number of nitrogens with one attached hydrogen (secondary N) is 1. The highest BCUT2D eigenvalue weighted by Crippen LogP contribution is 2.22. The molecule has 0 radical (unpaired) electrons. The molecular formula is C10H12BrNO5. The largest absolute Gasteiger partial charge is 0.496 e. The third kappa shape index (κ3) is 5.32. The van der Waals surface area contributed by atoms with E-state index in [1.165, 1.54) is 25.3 Å². The molecule has 0 aliphatic rings. The lowest BCUT2D eigenvalue weighted by Crippen LogP contribution is -2.02. The van der Waals surface area contributed by atoms with E-state index >= 15 is 0 Å². The number of carbonyl (C=O) groups excluding carboxylic acids is 1. The smallest absolute Gasteiger partial charge is 0.339 e. The predicted molar refractivity (Wildman–Crippen MR) is 65.6 cm³/mol. The SMILES string of the molecule is COBr.COc1cc(NC=O)ccc1C(=O)O. The van der Waals surface area contributed by atoms with Crippen LogP contribution in [0.2, 0.25) is 0 Å². The second-order valence-corrected chi connectivity index (χ2v) is 3.28. The Morgan fingerprint density at radius 2 is 2.06 bits per heavy atom. The Labute approximate surface area is 107 Å². The first-order valence-electron chi connectivity index (χ1n) is 4.37. The number of carboxylic acid groups (broad SMARTS) is 1. The molecule has 0 saturated carbocycles. The monoisotopic (exact) mass is 305 g/mol. The molecule has 2 N–H and O–H groups in total. The van der Waals surface area contributed by atoms with Crippen molar-refractivity contribution in [2.75, 3.05) is 19.5 Å². The van der Waals surface area contributed by atoms with Gasteiger partial charge in [0.2, 0.25) is 6.41 Å². The van der Waals surface area contributed by atoms with Crippen molar-refractivity contribution in [3.05, 3.63) is 23.8 Å². The van der Waals surface area contributed by atoms with Gasteiger partial charge in [-0.15, -0.1) is 0 Å². The molecule has 0 saturated heterocycles. The van der Waals surface area contributed by atoms with Crippen LogP contribution in [0.5, 0.6) is 5.75 Å². The summed E-state index contributed by atoms with van der Waals surface area (Å²) in [6.45, 7) is 0. The van der Waals surface area contributed by atoms with E-state index in [0.717, 1.165) is 0 Å². The number of ether oxygens (including phenoxy) is 1. The molecule has 0 aliphatic carbocycles. The normalized spacial score (nSPS) is 8.65. The molecule has 0 fully saturated rings. The summed E-state index contributed by atoms with van der Waals surface area (Å²) in [4.78, 5) is 20.8. The second kappa shape index (κ2) is 8.54. The van der Waals surface area contributed by atoms with Gasteiger partial charge >= 0.3 is 5.97 Å². The van der Waals surface area contributed by atoms with Crippen LogP contribution in [-0.2, 0) is 8.62 Å². The molecule has 1 aromatic rings. The van der Waals surface area contributed by atoms with E-state index in [9.17, 15) is 9.59 Å². The molecular weight excluding hydrogens is 294 g/mol. The quantitative estimate of drug-likeness (QED) is 0.830. The number of benzene rings is 1. The van der Waals surface area contributed by atoms with E-state index in [1.54, 1.807) is 7.11 Å². The number of anilines is 1. The van der Waals surface area contributed by atoms with Gasteiger partial charge in [0.05, 0.1) is 30.5 Å². The van der Waals surface area contributed by atoms with Gasteiger partial charge in [-0.05, 0) is 12.1 Å². The molecule has 0 bridgehead atoms. The van der Waals surface area contributed by atoms with Gasteiger partial charge in [0, 0.05) is 11.8 Å². The molecule has 6 nitrogen and oxygen atoms in total. The van der Waals surface area contributed by atoms with Crippen molar-refractivity contribution in [3.8, 4) is 5.75 Å². The highest BCUT2D eigenvalue weighted by Gasteiger charge is 2.10. The molecule has 1 rings (SSSR count). The van der Waals surface area contributed by atoms with Gasteiger partial charge in [-0.3, -0.25) is 4.79 Å². The van der Waals surface area contributed by atoms with E-state index in [0.29, 0.717) is 12.1 Å². The van der Waals surface area contributed by atoms with Crippen molar-refractivity contribution in [1.29, 1.82) is 0 Å². The van der Waals surface area contributed by atoms with Gasteiger partial charge in [-0.1, -0.05) is 0 Å². The van der Waals surface area contributed by atoms with Crippen LogP contribution in [0.25, 0.3) is 0 Å². The Balaban J connectivity index is 0.000000770. The molecule has 17 heavy (non-hydrogen) atoms. The number of rotatable bonds is 4. The molecule has 0 spiro atoms. The molecule has 1 aromatic carbocycles. The molecule has 7 heteroatoms. The molecule has 0 aromatic heterocycles. The van der Waals surface area contributed by atoms with Gasteiger partial charge < -0.3 is 19.0 Å². The lowest BCUT2D eigenvalue weighted by molar-refractivity contribution is -0.105. The third-order valence-electron chi connectivity index (χ3n) is 1.66. The summed E-state index contributed by atoms with van der Waals surface area (Å²) in [6.07, 6.45) is 0.509. The van der Waals surface area contributed by atoms with Crippen LogP contribution in [0.3, 0.4) is 0 Å². The summed E-state index contributed by atoms with van der Waals surface area (Å²) in [7, 11) is 2.91. The van der Waals surface area contributed by atoms with Crippen LogP contribution in [0, 0.1) is 0 Å². The van der Waals surface area contributed by atoms with E-state index < -0.39 is 5.97 Å². The Hall–Kier alpha value is -1.60. The molecule has 0 atom stereocenters. The summed E-state index contributed by atoms with van der Waals surface area (Å²) in [5.41, 5.74) is 0.547. The Morgan fingerprint density at radius 1 is 1.47 bits per heavy atom. The maximum atomic E-state index is 10.7. The average Bonchev–Trinajstić information content (AvgIpc) is 2.30. The number of aromatic carboxylic acids is 1. The zero-order chi connectivity index (χ0) is 13.3. The van der Waals surface area contributed by atoms with Gasteiger partial charge in [-0.2, -0.15) is 0 Å². The van der Waals surface area contributed by atoms with Crippen molar-refractivity contribution in [2.24, 2.45) is 0 Å². The van der Waals surface area contributed by atoms with Crippen LogP contribution < -0.4 is 10.1 Å². The first-order valence-corrected chi connectivity index (χ1v) is 5.01. The van der Waals surface area contributed by atoms with Crippen molar-refractivity contribution >= 4 is 34.3 Å². The number of methoxy groups -OCH3 is 1. The van der Waals surface area contributed by atoms with Gasteiger partial charge in [0.1, 0.15) is 11.3 Å². The van der Waals surface area contributed by atoms with Crippen molar-refractivity contribution < 1.29 is 23.3 Å². The maximum Gasteiger partial charge on any atom is 0.339 e. The summed E-state index contributed by atoms with van der Waals surface area (Å²) in [5.74, 6) is -0.858. The highest BCUT2D eigenvalue weighted by atomic mass is 79.9. The van der Waals surface area contributed by atoms with E-state index in [4.69, 9.17) is 9.84 Å². The number of hydrogen-bond acceptors (Lipinski definition) is 4. The summed E-state index contributed by atoms with van der Waals surface area (Å²) < 4.78 is 8.92. The molecule has 0 heterocycles. The highest BCUT2D eigenvalue weighted by molar-refractivity contribution is 9.06. The van der Waals surface area contributed by atoms with Gasteiger partial charge in [-0.25, -0.2) is 4.79 Å². The van der Waals surface area contributed by atoms with Crippen molar-refractivity contribution in [3.63, 3.8) is 0 Å². The van der Waals surface area contributed by atoms with Crippen LogP contribution in [0.4, 0.5) is 5.69 Å². The summed E-state index contributed by atoms with van der Waals surface area (Å²) >= 11 is 2.65. The van der Waals surface area contributed by atoms with E-state index in [2.05, 4.69) is 25.4 Å². The van der Waals surface area contributed by atoms with Crippen molar-refractivity contribution in [2.45, 2.75) is 0 Å². The minimum absolute atomic E-state index is 0.0592. The van der Waals surface area contributed by atoms with Gasteiger partial charge in [0.15, 0.2) is 0 Å². The zero-order valence-corrected chi connectivity index (χ0v) is 10.9. The predicted octanol–water partition coefficient (Wildman–Crippen LogP) is 1.90. The Morgan fingerprint density at radius 3 is 2.47 bits per heavy atom. The fraction of sp³-hybridized carbons (Fsp3) is 0.200. The first-order chi connectivity index (χ1) is 8.10. The minimum Gasteiger partial charge on any atom is -0.496 e. The number of carboxylic acids is 1. The fourth-order valence-corrected chi connectivity index (χ4v) is 1.03. The third-order valence-corrected chi connectivity index (χ3v) is 1.66. The van der Waals surface area contributed by atoms with E-state index in [1.807, 2.05) is 0 Å². The lowest BCUT2D eigenvalue weighted by atomic mass is 10.2. The standard InChI is InChI=1S/C9H9NO4.CH3BrO/c1-14-8-4-6(10-5-11)2-3-7(8)9(12)13;1-3-2/h2-5H,1H3,(H,10,11)(H,12,13);1H3. The second-order valence-electron chi connectivity index (χ2n) is 2.64. The zero-order valence-electron chi connectivity index (χ0n) is 9.27. The molecule has 94 valence electrons. The number of hydrogen-bond donors (Lipinski definition) is 2. The number of carbonyl (C=O) groups is 2.